The summed E-state index contributed by atoms with van der Waals surface area (Å²) in [6.07, 6.45) is -4.48. The second kappa shape index (κ2) is 6.36. The molecular weight excluding hydrogens is 273 g/mol. The predicted octanol–water partition coefficient (Wildman–Crippen LogP) is 1.97. The summed E-state index contributed by atoms with van der Waals surface area (Å²) >= 11 is 0. The quantitative estimate of drug-likeness (QED) is 0.586. The number of hydrogen-bond acceptors (Lipinski definition) is 3. The molecule has 0 aromatic heterocycles. The van der Waals surface area contributed by atoms with Gasteiger partial charge in [-0.1, -0.05) is 0 Å². The van der Waals surface area contributed by atoms with Crippen LogP contribution in [0.2, 0.25) is 0 Å². The molecule has 1 aromatic carbocycles. The summed E-state index contributed by atoms with van der Waals surface area (Å²) in [6.45, 7) is 0.380. The minimum Gasteiger partial charge on any atom is -0.399 e. The number of rotatable bonds is 4. The van der Waals surface area contributed by atoms with Crippen molar-refractivity contribution in [1.82, 2.24) is 10.2 Å². The zero-order valence-corrected chi connectivity index (χ0v) is 11.2. The summed E-state index contributed by atoms with van der Waals surface area (Å²) in [5.41, 5.74) is 4.52. The van der Waals surface area contributed by atoms with E-state index in [4.69, 9.17) is 5.73 Å². The Balaban J connectivity index is 2.63. The lowest BCUT2D eigenvalue weighted by Gasteiger charge is -2.16. The van der Waals surface area contributed by atoms with Crippen molar-refractivity contribution in [2.75, 3.05) is 38.2 Å². The van der Waals surface area contributed by atoms with E-state index in [1.165, 1.54) is 17.0 Å². The Morgan fingerprint density at radius 3 is 2.50 bits per heavy atom. The van der Waals surface area contributed by atoms with Gasteiger partial charge in [-0.15, -0.1) is 0 Å². The number of nitrogens with two attached hydrogens (primary N) is 1. The number of carbonyl (C=O) groups excluding carboxylic acids is 1. The molecule has 0 spiro atoms. The summed E-state index contributed by atoms with van der Waals surface area (Å²) in [5, 5.41) is 5.17. The molecule has 8 heteroatoms. The molecule has 20 heavy (non-hydrogen) atoms. The molecule has 0 aliphatic rings. The number of nitrogens with zero attached hydrogens (tertiary/aromatic N) is 1. The normalized spacial score (nSPS) is 11.1. The van der Waals surface area contributed by atoms with Gasteiger partial charge in [-0.2, -0.15) is 13.2 Å². The smallest absolute Gasteiger partial charge is 0.399 e. The van der Waals surface area contributed by atoms with Gasteiger partial charge in [-0.05, 0) is 18.2 Å². The number of urea groups is 1. The Labute approximate surface area is 114 Å². The SMILES string of the molecule is CN(C)C(=O)NCCNc1ccc(N)cc1C(F)(F)F. The fraction of sp³-hybridized carbons (Fsp3) is 0.417. The molecule has 0 aliphatic carbocycles. The zero-order valence-electron chi connectivity index (χ0n) is 11.2. The molecule has 0 radical (unpaired) electrons. The van der Waals surface area contributed by atoms with Gasteiger partial charge in [0.2, 0.25) is 0 Å². The maximum Gasteiger partial charge on any atom is 0.418 e. The Morgan fingerprint density at radius 1 is 1.30 bits per heavy atom. The molecule has 0 heterocycles. The topological polar surface area (TPSA) is 70.4 Å². The lowest BCUT2D eigenvalue weighted by atomic mass is 10.1. The third kappa shape index (κ3) is 4.52. The lowest BCUT2D eigenvalue weighted by molar-refractivity contribution is -0.136. The van der Waals surface area contributed by atoms with E-state index in [2.05, 4.69) is 10.6 Å². The Kier molecular flexibility index (Phi) is 5.06. The van der Waals surface area contributed by atoms with Crippen LogP contribution in [0, 0.1) is 0 Å². The van der Waals surface area contributed by atoms with Crippen molar-refractivity contribution in [3.8, 4) is 0 Å². The summed E-state index contributed by atoms with van der Waals surface area (Å²) in [4.78, 5) is 12.6. The summed E-state index contributed by atoms with van der Waals surface area (Å²) < 4.78 is 38.4. The molecule has 0 unspecified atom stereocenters. The van der Waals surface area contributed by atoms with Crippen LogP contribution in [0.1, 0.15) is 5.56 Å². The zero-order chi connectivity index (χ0) is 15.3. The highest BCUT2D eigenvalue weighted by Crippen LogP contribution is 2.35. The molecule has 0 saturated carbocycles. The van der Waals surface area contributed by atoms with Crippen molar-refractivity contribution in [2.45, 2.75) is 6.18 Å². The number of nitrogens with one attached hydrogen (secondary N) is 2. The van der Waals surface area contributed by atoms with Crippen molar-refractivity contribution in [1.29, 1.82) is 0 Å². The minimum absolute atomic E-state index is 0.0452. The van der Waals surface area contributed by atoms with Gasteiger partial charge < -0.3 is 21.3 Å². The fourth-order valence-corrected chi connectivity index (χ4v) is 1.48. The van der Waals surface area contributed by atoms with E-state index in [0.717, 1.165) is 6.07 Å². The van der Waals surface area contributed by atoms with Crippen molar-refractivity contribution in [3.05, 3.63) is 23.8 Å². The first kappa shape index (κ1) is 15.9. The van der Waals surface area contributed by atoms with Crippen molar-refractivity contribution >= 4 is 17.4 Å². The van der Waals surface area contributed by atoms with Crippen molar-refractivity contribution < 1.29 is 18.0 Å². The van der Waals surface area contributed by atoms with E-state index in [0.29, 0.717) is 0 Å². The van der Waals surface area contributed by atoms with Crippen LogP contribution in [0.3, 0.4) is 0 Å². The largest absolute Gasteiger partial charge is 0.418 e. The number of benzene rings is 1. The average Bonchev–Trinajstić information content (AvgIpc) is 2.34. The molecule has 0 saturated heterocycles. The second-order valence-electron chi connectivity index (χ2n) is 4.36. The van der Waals surface area contributed by atoms with Gasteiger partial charge in [0, 0.05) is 38.6 Å². The third-order valence-corrected chi connectivity index (χ3v) is 2.47. The van der Waals surface area contributed by atoms with Crippen molar-refractivity contribution in [2.24, 2.45) is 0 Å². The summed E-state index contributed by atoms with van der Waals surface area (Å²) in [7, 11) is 3.15. The van der Waals surface area contributed by atoms with Crippen molar-refractivity contribution in [3.63, 3.8) is 0 Å². The average molecular weight is 290 g/mol. The number of halogens is 3. The van der Waals surface area contributed by atoms with Crippen LogP contribution in [0.25, 0.3) is 0 Å². The molecule has 4 N–H and O–H groups in total. The van der Waals surface area contributed by atoms with E-state index >= 15 is 0 Å². The number of amides is 2. The first-order valence-electron chi connectivity index (χ1n) is 5.87. The number of nitrogen functional groups attached to an aromatic ring is 1. The molecule has 112 valence electrons. The minimum atomic E-state index is -4.48. The molecule has 2 amide bonds. The van der Waals surface area contributed by atoms with E-state index in [-0.39, 0.29) is 30.5 Å². The Morgan fingerprint density at radius 2 is 1.95 bits per heavy atom. The fourth-order valence-electron chi connectivity index (χ4n) is 1.48. The summed E-state index contributed by atoms with van der Waals surface area (Å²) in [6, 6.07) is 3.22. The highest BCUT2D eigenvalue weighted by atomic mass is 19.4. The third-order valence-electron chi connectivity index (χ3n) is 2.47. The van der Waals surface area contributed by atoms with Crippen LogP contribution in [0.5, 0.6) is 0 Å². The van der Waals surface area contributed by atoms with Crippen LogP contribution < -0.4 is 16.4 Å². The molecule has 5 nitrogen and oxygen atoms in total. The highest BCUT2D eigenvalue weighted by molar-refractivity contribution is 5.73. The van der Waals surface area contributed by atoms with Crippen LogP contribution in [0.15, 0.2) is 18.2 Å². The van der Waals surface area contributed by atoms with Gasteiger partial charge in [-0.25, -0.2) is 4.79 Å². The van der Waals surface area contributed by atoms with Crippen LogP contribution >= 0.6 is 0 Å². The molecule has 1 aromatic rings. The van der Waals surface area contributed by atoms with E-state index in [1.807, 2.05) is 0 Å². The van der Waals surface area contributed by atoms with Gasteiger partial charge in [0.05, 0.1) is 5.56 Å². The van der Waals surface area contributed by atoms with E-state index < -0.39 is 11.7 Å². The molecular formula is C12H17F3N4O. The van der Waals surface area contributed by atoms with Crippen LogP contribution in [-0.2, 0) is 6.18 Å². The highest BCUT2D eigenvalue weighted by Gasteiger charge is 2.33. The first-order chi connectivity index (χ1) is 9.21. The molecule has 0 bridgehead atoms. The maximum absolute atomic E-state index is 12.8. The van der Waals surface area contributed by atoms with Gasteiger partial charge in [0.15, 0.2) is 0 Å². The standard InChI is InChI=1S/C12H17F3N4O/c1-19(2)11(20)18-6-5-17-10-4-3-8(16)7-9(10)12(13,14)15/h3-4,7,17H,5-6,16H2,1-2H3,(H,18,20). The lowest BCUT2D eigenvalue weighted by Crippen LogP contribution is -2.37. The molecule has 1 rings (SSSR count). The Hall–Kier alpha value is -2.12. The number of alkyl halides is 3. The second-order valence-corrected chi connectivity index (χ2v) is 4.36. The monoisotopic (exact) mass is 290 g/mol. The first-order valence-corrected chi connectivity index (χ1v) is 5.87. The summed E-state index contributed by atoms with van der Waals surface area (Å²) in [5.74, 6) is 0. The molecule has 0 atom stereocenters. The van der Waals surface area contributed by atoms with E-state index in [1.54, 1.807) is 14.1 Å². The van der Waals surface area contributed by atoms with Crippen LogP contribution in [0.4, 0.5) is 29.3 Å². The molecule has 0 fully saturated rings. The van der Waals surface area contributed by atoms with Gasteiger partial charge >= 0.3 is 12.2 Å². The number of hydrogen-bond donors (Lipinski definition) is 3. The van der Waals surface area contributed by atoms with Gasteiger partial charge in [-0.3, -0.25) is 0 Å². The maximum atomic E-state index is 12.8. The molecule has 0 aliphatic heterocycles. The van der Waals surface area contributed by atoms with Crippen LogP contribution in [-0.4, -0.2) is 38.1 Å². The Bertz CT molecular complexity index is 474. The predicted molar refractivity (Wildman–Crippen MR) is 71.4 cm³/mol. The van der Waals surface area contributed by atoms with E-state index in [9.17, 15) is 18.0 Å². The number of carbonyl (C=O) groups is 1. The van der Waals surface area contributed by atoms with Gasteiger partial charge in [0.25, 0.3) is 0 Å². The van der Waals surface area contributed by atoms with Gasteiger partial charge in [0.1, 0.15) is 0 Å². The number of anilines is 2.